The van der Waals surface area contributed by atoms with E-state index in [0.29, 0.717) is 12.8 Å². The number of hydrogen-bond acceptors (Lipinski definition) is 3. The molecule has 0 unspecified atom stereocenters. The van der Waals surface area contributed by atoms with E-state index < -0.39 is 0 Å². The van der Waals surface area contributed by atoms with Gasteiger partial charge in [0.2, 0.25) is 0 Å². The van der Waals surface area contributed by atoms with E-state index in [0.717, 1.165) is 15.6 Å². The minimum Gasteiger partial charge on any atom is -0.469 e. The van der Waals surface area contributed by atoms with Crippen LogP contribution in [0.4, 0.5) is 0 Å². The van der Waals surface area contributed by atoms with E-state index in [1.54, 1.807) is 0 Å². The number of rotatable bonds is 4. The summed E-state index contributed by atoms with van der Waals surface area (Å²) in [6, 6.07) is 7.80. The van der Waals surface area contributed by atoms with Crippen molar-refractivity contribution in [1.29, 1.82) is 5.26 Å². The number of aryl methyl sites for hydroxylation is 1. The molecule has 0 bridgehead atoms. The van der Waals surface area contributed by atoms with Gasteiger partial charge in [0.15, 0.2) is 0 Å². The first-order valence-electron chi connectivity index (χ1n) is 4.88. The zero-order valence-electron chi connectivity index (χ0n) is 9.00. The molecule has 0 spiro atoms. The van der Waals surface area contributed by atoms with E-state index in [4.69, 9.17) is 5.26 Å². The predicted octanol–water partition coefficient (Wildman–Crippen LogP) is 2.62. The number of halogens is 1. The Balaban J connectivity index is 2.89. The topological polar surface area (TPSA) is 50.1 Å². The van der Waals surface area contributed by atoms with Crippen LogP contribution in [0, 0.1) is 11.3 Å². The summed E-state index contributed by atoms with van der Waals surface area (Å²) in [5.41, 5.74) is 1.94. The van der Waals surface area contributed by atoms with Gasteiger partial charge in [0.05, 0.1) is 19.6 Å². The first kappa shape index (κ1) is 12.7. The second-order valence-electron chi connectivity index (χ2n) is 3.32. The summed E-state index contributed by atoms with van der Waals surface area (Å²) >= 11 is 3.37. The molecular formula is C12H12BrNO2. The van der Waals surface area contributed by atoms with Crippen LogP contribution in [0.1, 0.15) is 17.5 Å². The summed E-state index contributed by atoms with van der Waals surface area (Å²) in [4.78, 5) is 11.2. The fourth-order valence-electron chi connectivity index (χ4n) is 1.42. The minimum absolute atomic E-state index is 0.255. The number of methoxy groups -OCH3 is 1. The van der Waals surface area contributed by atoms with Crippen molar-refractivity contribution in [1.82, 2.24) is 0 Å². The lowest BCUT2D eigenvalue weighted by atomic mass is 10.0. The number of ether oxygens (including phenoxy) is 1. The normalized spacial score (nSPS) is 9.56. The summed E-state index contributed by atoms with van der Waals surface area (Å²) in [5.74, 6) is -0.263. The largest absolute Gasteiger partial charge is 0.469 e. The summed E-state index contributed by atoms with van der Waals surface area (Å²) in [7, 11) is 1.37. The molecular weight excluding hydrogens is 270 g/mol. The van der Waals surface area contributed by atoms with Crippen molar-refractivity contribution >= 4 is 21.9 Å². The number of carbonyl (C=O) groups is 1. The van der Waals surface area contributed by atoms with Gasteiger partial charge in [0.25, 0.3) is 0 Å². The van der Waals surface area contributed by atoms with Gasteiger partial charge in [0, 0.05) is 10.9 Å². The van der Waals surface area contributed by atoms with Crippen molar-refractivity contribution in [3.05, 3.63) is 33.8 Å². The standard InChI is InChI=1S/C12H12BrNO2/c1-16-12(15)8-10-4-5-11(13)7-9(10)3-2-6-14/h4-5,7H,2-3,8H2,1H3. The molecule has 0 atom stereocenters. The number of benzene rings is 1. The van der Waals surface area contributed by atoms with Crippen LogP contribution in [-0.4, -0.2) is 13.1 Å². The van der Waals surface area contributed by atoms with Crippen LogP contribution in [0.2, 0.25) is 0 Å². The van der Waals surface area contributed by atoms with E-state index in [2.05, 4.69) is 26.7 Å². The molecule has 1 aromatic carbocycles. The van der Waals surface area contributed by atoms with Gasteiger partial charge in [-0.15, -0.1) is 0 Å². The summed E-state index contributed by atoms with van der Waals surface area (Å²) in [5, 5.41) is 8.56. The van der Waals surface area contributed by atoms with Gasteiger partial charge in [-0.25, -0.2) is 0 Å². The third-order valence-corrected chi connectivity index (χ3v) is 2.73. The van der Waals surface area contributed by atoms with Gasteiger partial charge in [-0.2, -0.15) is 5.26 Å². The Hall–Kier alpha value is -1.34. The number of esters is 1. The average Bonchev–Trinajstić information content (AvgIpc) is 2.29. The second kappa shape index (κ2) is 6.29. The molecule has 0 aliphatic rings. The Bertz CT molecular complexity index is 424. The van der Waals surface area contributed by atoms with Gasteiger partial charge >= 0.3 is 5.97 Å². The summed E-state index contributed by atoms with van der Waals surface area (Å²) in [6.45, 7) is 0. The maximum atomic E-state index is 11.2. The molecule has 16 heavy (non-hydrogen) atoms. The molecule has 0 aliphatic heterocycles. The van der Waals surface area contributed by atoms with Gasteiger partial charge in [-0.3, -0.25) is 4.79 Å². The van der Waals surface area contributed by atoms with Crippen molar-refractivity contribution in [3.63, 3.8) is 0 Å². The molecule has 0 fully saturated rings. The van der Waals surface area contributed by atoms with Crippen LogP contribution in [0.25, 0.3) is 0 Å². The minimum atomic E-state index is -0.263. The Morgan fingerprint density at radius 1 is 1.50 bits per heavy atom. The lowest BCUT2D eigenvalue weighted by Gasteiger charge is -2.07. The molecule has 0 radical (unpaired) electrons. The smallest absolute Gasteiger partial charge is 0.309 e. The highest BCUT2D eigenvalue weighted by Crippen LogP contribution is 2.19. The Labute approximate surface area is 103 Å². The maximum Gasteiger partial charge on any atom is 0.309 e. The van der Waals surface area contributed by atoms with Crippen molar-refractivity contribution in [2.75, 3.05) is 7.11 Å². The zero-order chi connectivity index (χ0) is 12.0. The Morgan fingerprint density at radius 3 is 2.88 bits per heavy atom. The van der Waals surface area contributed by atoms with E-state index in [-0.39, 0.29) is 12.4 Å². The molecule has 1 rings (SSSR count). The zero-order valence-corrected chi connectivity index (χ0v) is 10.6. The number of carbonyl (C=O) groups excluding carboxylic acids is 1. The van der Waals surface area contributed by atoms with Crippen molar-refractivity contribution in [2.45, 2.75) is 19.3 Å². The monoisotopic (exact) mass is 281 g/mol. The summed E-state index contributed by atoms with van der Waals surface area (Å²) < 4.78 is 5.58. The number of hydrogen-bond donors (Lipinski definition) is 0. The van der Waals surface area contributed by atoms with Gasteiger partial charge < -0.3 is 4.74 Å². The lowest BCUT2D eigenvalue weighted by Crippen LogP contribution is -2.07. The fourth-order valence-corrected chi connectivity index (χ4v) is 1.83. The van der Waals surface area contributed by atoms with Crippen LogP contribution in [0.3, 0.4) is 0 Å². The highest BCUT2D eigenvalue weighted by atomic mass is 79.9. The van der Waals surface area contributed by atoms with Gasteiger partial charge in [-0.1, -0.05) is 22.0 Å². The first-order chi connectivity index (χ1) is 7.67. The Morgan fingerprint density at radius 2 is 2.25 bits per heavy atom. The number of nitrogens with zero attached hydrogens (tertiary/aromatic N) is 1. The van der Waals surface area contributed by atoms with E-state index in [1.165, 1.54) is 7.11 Å². The van der Waals surface area contributed by atoms with E-state index >= 15 is 0 Å². The van der Waals surface area contributed by atoms with Crippen LogP contribution in [-0.2, 0) is 22.4 Å². The first-order valence-corrected chi connectivity index (χ1v) is 5.67. The maximum absolute atomic E-state index is 11.2. The average molecular weight is 282 g/mol. The molecule has 0 saturated carbocycles. The Kier molecular flexibility index (Phi) is 5.00. The van der Waals surface area contributed by atoms with Crippen LogP contribution >= 0.6 is 15.9 Å². The third-order valence-electron chi connectivity index (χ3n) is 2.24. The summed E-state index contributed by atoms with van der Waals surface area (Å²) in [6.07, 6.45) is 1.36. The van der Waals surface area contributed by atoms with Crippen LogP contribution < -0.4 is 0 Å². The highest BCUT2D eigenvalue weighted by Gasteiger charge is 2.08. The van der Waals surface area contributed by atoms with Crippen molar-refractivity contribution in [2.24, 2.45) is 0 Å². The second-order valence-corrected chi connectivity index (χ2v) is 4.24. The quantitative estimate of drug-likeness (QED) is 0.798. The van der Waals surface area contributed by atoms with Crippen molar-refractivity contribution < 1.29 is 9.53 Å². The van der Waals surface area contributed by atoms with Crippen LogP contribution in [0.5, 0.6) is 0 Å². The molecule has 0 amide bonds. The fraction of sp³-hybridized carbons (Fsp3) is 0.333. The SMILES string of the molecule is COC(=O)Cc1ccc(Br)cc1CCC#N. The van der Waals surface area contributed by atoms with Crippen LogP contribution in [0.15, 0.2) is 22.7 Å². The van der Waals surface area contributed by atoms with E-state index in [1.807, 2.05) is 18.2 Å². The molecule has 0 aliphatic carbocycles. The molecule has 0 N–H and O–H groups in total. The highest BCUT2D eigenvalue weighted by molar-refractivity contribution is 9.10. The molecule has 84 valence electrons. The molecule has 0 aromatic heterocycles. The van der Waals surface area contributed by atoms with Crippen molar-refractivity contribution in [3.8, 4) is 6.07 Å². The lowest BCUT2D eigenvalue weighted by molar-refractivity contribution is -0.139. The molecule has 0 heterocycles. The van der Waals surface area contributed by atoms with Gasteiger partial charge in [0.1, 0.15) is 0 Å². The number of nitriles is 1. The predicted molar refractivity (Wildman–Crippen MR) is 63.8 cm³/mol. The molecule has 3 nitrogen and oxygen atoms in total. The molecule has 4 heteroatoms. The van der Waals surface area contributed by atoms with E-state index in [9.17, 15) is 4.79 Å². The molecule has 0 saturated heterocycles. The molecule has 1 aromatic rings. The van der Waals surface area contributed by atoms with Gasteiger partial charge in [-0.05, 0) is 29.7 Å². The third kappa shape index (κ3) is 3.67.